The Morgan fingerprint density at radius 3 is 2.33 bits per heavy atom. The summed E-state index contributed by atoms with van der Waals surface area (Å²) in [5, 5.41) is 5.78. The summed E-state index contributed by atoms with van der Waals surface area (Å²) in [4.78, 5) is 11.7. The zero-order chi connectivity index (χ0) is 13.0. The van der Waals surface area contributed by atoms with Gasteiger partial charge in [0.25, 0.3) is 0 Å². The van der Waals surface area contributed by atoms with E-state index in [0.717, 1.165) is 5.69 Å². The monoisotopic (exact) mass is 261 g/mol. The third-order valence-electron chi connectivity index (χ3n) is 2.29. The molecule has 2 rings (SSSR count). The smallest absolute Gasteiger partial charge is 0.323 e. The number of rotatable bonds is 2. The molecule has 0 unspecified atom stereocenters. The molecule has 2 aromatic carbocycles. The number of amides is 2. The Kier molecular flexibility index (Phi) is 3.69. The number of carbonyl (C=O) groups excluding carboxylic acids is 1. The number of nitrogen functional groups attached to an aromatic ring is 1. The van der Waals surface area contributed by atoms with Gasteiger partial charge in [0.1, 0.15) is 0 Å². The van der Waals surface area contributed by atoms with Crippen molar-refractivity contribution in [2.45, 2.75) is 0 Å². The molecule has 2 aromatic rings. The van der Waals surface area contributed by atoms with Crippen LogP contribution in [0, 0.1) is 0 Å². The van der Waals surface area contributed by atoms with Crippen LogP contribution in [0.25, 0.3) is 0 Å². The summed E-state index contributed by atoms with van der Waals surface area (Å²) in [5.41, 5.74) is 7.37. The molecule has 2 amide bonds. The van der Waals surface area contributed by atoms with Crippen LogP contribution in [-0.4, -0.2) is 6.03 Å². The lowest BCUT2D eigenvalue weighted by Crippen LogP contribution is -2.19. The number of halogens is 1. The molecule has 0 aromatic heterocycles. The maximum atomic E-state index is 11.7. The highest BCUT2D eigenvalue weighted by Crippen LogP contribution is 2.22. The Bertz CT molecular complexity index is 557. The largest absolute Gasteiger partial charge is 0.398 e. The fourth-order valence-corrected chi connectivity index (χ4v) is 1.60. The van der Waals surface area contributed by atoms with Gasteiger partial charge in [-0.05, 0) is 30.3 Å². The Balaban J connectivity index is 2.01. The predicted octanol–water partition coefficient (Wildman–Crippen LogP) is 3.57. The lowest BCUT2D eigenvalue weighted by Gasteiger charge is -2.08. The number of hydrogen-bond donors (Lipinski definition) is 3. The third kappa shape index (κ3) is 3.15. The maximum Gasteiger partial charge on any atom is 0.323 e. The number of urea groups is 1. The van der Waals surface area contributed by atoms with E-state index in [4.69, 9.17) is 17.3 Å². The van der Waals surface area contributed by atoms with Crippen LogP contribution in [0.4, 0.5) is 21.9 Å². The molecule has 0 fully saturated rings. The fraction of sp³-hybridized carbons (Fsp3) is 0. The highest BCUT2D eigenvalue weighted by molar-refractivity contribution is 6.33. The topological polar surface area (TPSA) is 67.1 Å². The van der Waals surface area contributed by atoms with Crippen LogP contribution in [0.3, 0.4) is 0 Å². The molecule has 0 saturated heterocycles. The number of benzene rings is 2. The van der Waals surface area contributed by atoms with Gasteiger partial charge in [-0.15, -0.1) is 0 Å². The molecular weight excluding hydrogens is 250 g/mol. The molecule has 5 heteroatoms. The molecule has 4 nitrogen and oxygen atoms in total. The second-order valence-corrected chi connectivity index (χ2v) is 4.09. The van der Waals surface area contributed by atoms with Crippen molar-refractivity contribution in [2.24, 2.45) is 0 Å². The minimum atomic E-state index is -0.331. The number of hydrogen-bond acceptors (Lipinski definition) is 2. The molecule has 0 aliphatic heterocycles. The number of para-hydroxylation sites is 1. The van der Waals surface area contributed by atoms with E-state index >= 15 is 0 Å². The van der Waals surface area contributed by atoms with Crippen molar-refractivity contribution in [1.82, 2.24) is 0 Å². The average Bonchev–Trinajstić information content (AvgIpc) is 2.35. The van der Waals surface area contributed by atoms with E-state index in [9.17, 15) is 4.79 Å². The summed E-state index contributed by atoms with van der Waals surface area (Å²) in [5.74, 6) is 0. The number of nitrogens with two attached hydrogens (primary N) is 1. The van der Waals surface area contributed by atoms with Gasteiger partial charge in [-0.2, -0.15) is 0 Å². The molecule has 0 bridgehead atoms. The average molecular weight is 262 g/mol. The molecule has 92 valence electrons. The summed E-state index contributed by atoms with van der Waals surface area (Å²) in [6, 6.07) is 13.8. The van der Waals surface area contributed by atoms with Gasteiger partial charge in [0.05, 0.1) is 10.7 Å². The predicted molar refractivity (Wildman–Crippen MR) is 74.9 cm³/mol. The SMILES string of the molecule is Nc1ccc(NC(=O)Nc2ccccc2)cc1Cl. The summed E-state index contributed by atoms with van der Waals surface area (Å²) in [6.45, 7) is 0. The zero-order valence-electron chi connectivity index (χ0n) is 9.48. The van der Waals surface area contributed by atoms with Crippen molar-refractivity contribution in [3.63, 3.8) is 0 Å². The molecule has 18 heavy (non-hydrogen) atoms. The Morgan fingerprint density at radius 2 is 1.67 bits per heavy atom. The van der Waals surface area contributed by atoms with Crippen molar-refractivity contribution < 1.29 is 4.79 Å². The third-order valence-corrected chi connectivity index (χ3v) is 2.62. The van der Waals surface area contributed by atoms with Crippen LogP contribution in [0.2, 0.25) is 5.02 Å². The van der Waals surface area contributed by atoms with Gasteiger partial charge < -0.3 is 16.4 Å². The first kappa shape index (κ1) is 12.3. The van der Waals surface area contributed by atoms with E-state index in [-0.39, 0.29) is 6.03 Å². The van der Waals surface area contributed by atoms with E-state index in [2.05, 4.69) is 10.6 Å². The zero-order valence-corrected chi connectivity index (χ0v) is 10.2. The quantitative estimate of drug-likeness (QED) is 0.724. The van der Waals surface area contributed by atoms with Crippen molar-refractivity contribution in [3.05, 3.63) is 53.6 Å². The van der Waals surface area contributed by atoms with Gasteiger partial charge in [-0.1, -0.05) is 29.8 Å². The minimum Gasteiger partial charge on any atom is -0.398 e. The van der Waals surface area contributed by atoms with Crippen LogP contribution in [0.15, 0.2) is 48.5 Å². The summed E-state index contributed by atoms with van der Waals surface area (Å²) < 4.78 is 0. The molecule has 0 spiro atoms. The van der Waals surface area contributed by atoms with Gasteiger partial charge in [0.2, 0.25) is 0 Å². The number of anilines is 3. The standard InChI is InChI=1S/C13H12ClN3O/c14-11-8-10(6-7-12(11)15)17-13(18)16-9-4-2-1-3-5-9/h1-8H,15H2,(H2,16,17,18). The number of nitrogens with one attached hydrogen (secondary N) is 2. The molecule has 0 saturated carbocycles. The van der Waals surface area contributed by atoms with E-state index < -0.39 is 0 Å². The Morgan fingerprint density at radius 1 is 1.00 bits per heavy atom. The van der Waals surface area contributed by atoms with E-state index in [1.54, 1.807) is 30.3 Å². The summed E-state index contributed by atoms with van der Waals surface area (Å²) in [7, 11) is 0. The molecule has 4 N–H and O–H groups in total. The van der Waals surface area contributed by atoms with Crippen LogP contribution in [0.5, 0.6) is 0 Å². The Labute approximate surface area is 110 Å². The fourth-order valence-electron chi connectivity index (χ4n) is 1.42. The Hall–Kier alpha value is -2.20. The second kappa shape index (κ2) is 5.42. The highest BCUT2D eigenvalue weighted by atomic mass is 35.5. The second-order valence-electron chi connectivity index (χ2n) is 3.68. The van der Waals surface area contributed by atoms with Crippen LogP contribution in [-0.2, 0) is 0 Å². The minimum absolute atomic E-state index is 0.331. The maximum absolute atomic E-state index is 11.7. The van der Waals surface area contributed by atoms with E-state index in [0.29, 0.717) is 16.4 Å². The van der Waals surface area contributed by atoms with Gasteiger partial charge in [0, 0.05) is 11.4 Å². The van der Waals surface area contributed by atoms with E-state index in [1.807, 2.05) is 18.2 Å². The highest BCUT2D eigenvalue weighted by Gasteiger charge is 2.03. The van der Waals surface area contributed by atoms with Gasteiger partial charge in [-0.3, -0.25) is 0 Å². The van der Waals surface area contributed by atoms with Crippen molar-refractivity contribution in [1.29, 1.82) is 0 Å². The summed E-state index contributed by atoms with van der Waals surface area (Å²) in [6.07, 6.45) is 0. The van der Waals surface area contributed by atoms with Crippen LogP contribution < -0.4 is 16.4 Å². The first-order chi connectivity index (χ1) is 8.65. The molecule has 0 heterocycles. The van der Waals surface area contributed by atoms with Crippen LogP contribution in [0.1, 0.15) is 0 Å². The first-order valence-corrected chi connectivity index (χ1v) is 5.71. The van der Waals surface area contributed by atoms with Crippen molar-refractivity contribution >= 4 is 34.7 Å². The van der Waals surface area contributed by atoms with Crippen molar-refractivity contribution in [2.75, 3.05) is 16.4 Å². The van der Waals surface area contributed by atoms with Gasteiger partial charge >= 0.3 is 6.03 Å². The lowest BCUT2D eigenvalue weighted by molar-refractivity contribution is 0.262. The molecule has 0 aliphatic carbocycles. The van der Waals surface area contributed by atoms with E-state index in [1.165, 1.54) is 0 Å². The molecule has 0 aliphatic rings. The normalized spacial score (nSPS) is 9.83. The van der Waals surface area contributed by atoms with Gasteiger partial charge in [0.15, 0.2) is 0 Å². The molecule has 0 atom stereocenters. The summed E-state index contributed by atoms with van der Waals surface area (Å²) >= 11 is 5.86. The molecular formula is C13H12ClN3O. The van der Waals surface area contributed by atoms with Crippen LogP contribution >= 0.6 is 11.6 Å². The van der Waals surface area contributed by atoms with Gasteiger partial charge in [-0.25, -0.2) is 4.79 Å². The number of carbonyl (C=O) groups is 1. The first-order valence-electron chi connectivity index (χ1n) is 5.33. The van der Waals surface area contributed by atoms with Crippen molar-refractivity contribution in [3.8, 4) is 0 Å². The molecule has 0 radical (unpaired) electrons. The lowest BCUT2D eigenvalue weighted by atomic mass is 10.3.